The van der Waals surface area contributed by atoms with Crippen LogP contribution in [0.15, 0.2) is 23.1 Å². The van der Waals surface area contributed by atoms with Crippen molar-refractivity contribution in [3.05, 3.63) is 28.3 Å². The molecule has 8 heteroatoms. The smallest absolute Gasteiger partial charge is 0.293 e. The van der Waals surface area contributed by atoms with E-state index in [2.05, 4.69) is 4.72 Å². The summed E-state index contributed by atoms with van der Waals surface area (Å²) in [5, 5.41) is 10.8. The molecule has 7 nitrogen and oxygen atoms in total. The molecule has 0 aliphatic rings. The number of nitrogens with one attached hydrogen (secondary N) is 1. The zero-order chi connectivity index (χ0) is 16.2. The van der Waals surface area contributed by atoms with Gasteiger partial charge < -0.3 is 5.73 Å². The van der Waals surface area contributed by atoms with Crippen LogP contribution in [0.2, 0.25) is 0 Å². The summed E-state index contributed by atoms with van der Waals surface area (Å²) >= 11 is 0. The van der Waals surface area contributed by atoms with Crippen molar-refractivity contribution < 1.29 is 13.3 Å². The van der Waals surface area contributed by atoms with Crippen LogP contribution in [0.5, 0.6) is 0 Å². The minimum atomic E-state index is -3.81. The van der Waals surface area contributed by atoms with E-state index >= 15 is 0 Å². The zero-order valence-corrected chi connectivity index (χ0v) is 13.2. The van der Waals surface area contributed by atoms with Crippen LogP contribution in [0.1, 0.15) is 33.6 Å². The summed E-state index contributed by atoms with van der Waals surface area (Å²) in [6.45, 7) is 5.78. The third kappa shape index (κ3) is 4.15. The molecular formula is C13H21N3O4S. The highest BCUT2D eigenvalue weighted by Gasteiger charge is 2.24. The average Bonchev–Trinajstić information content (AvgIpc) is 2.39. The Morgan fingerprint density at radius 3 is 2.38 bits per heavy atom. The average molecular weight is 315 g/mol. The van der Waals surface area contributed by atoms with Crippen molar-refractivity contribution >= 4 is 21.4 Å². The van der Waals surface area contributed by atoms with Crippen molar-refractivity contribution in [3.8, 4) is 0 Å². The van der Waals surface area contributed by atoms with Gasteiger partial charge in [0.05, 0.1) is 9.82 Å². The Labute approximate surface area is 124 Å². The summed E-state index contributed by atoms with van der Waals surface area (Å²) in [4.78, 5) is 9.99. The quantitative estimate of drug-likeness (QED) is 0.455. The van der Waals surface area contributed by atoms with Crippen LogP contribution >= 0.6 is 0 Å². The maximum Gasteiger partial charge on any atom is 0.293 e. The van der Waals surface area contributed by atoms with Crippen LogP contribution in [-0.2, 0) is 10.0 Å². The predicted molar refractivity (Wildman–Crippen MR) is 81.4 cm³/mol. The van der Waals surface area contributed by atoms with E-state index in [-0.39, 0.29) is 22.5 Å². The van der Waals surface area contributed by atoms with Gasteiger partial charge in [-0.15, -0.1) is 0 Å². The number of hydrogen-bond donors (Lipinski definition) is 2. The fourth-order valence-electron chi connectivity index (χ4n) is 2.25. The first-order valence-corrected chi connectivity index (χ1v) is 8.27. The van der Waals surface area contributed by atoms with Crippen molar-refractivity contribution in [1.29, 1.82) is 0 Å². The molecule has 0 aliphatic heterocycles. The lowest BCUT2D eigenvalue weighted by atomic mass is 9.96. The van der Waals surface area contributed by atoms with Gasteiger partial charge >= 0.3 is 0 Å². The summed E-state index contributed by atoms with van der Waals surface area (Å²) < 4.78 is 27.1. The van der Waals surface area contributed by atoms with Crippen molar-refractivity contribution in [3.63, 3.8) is 0 Å². The second kappa shape index (κ2) is 6.86. The number of nitrogens with two attached hydrogens (primary N) is 1. The Balaban J connectivity index is 3.09. The first-order valence-electron chi connectivity index (χ1n) is 6.79. The molecule has 3 N–H and O–H groups in total. The van der Waals surface area contributed by atoms with Crippen LogP contribution in [-0.4, -0.2) is 19.4 Å². The number of benzene rings is 1. The zero-order valence-electron chi connectivity index (χ0n) is 12.4. The van der Waals surface area contributed by atoms with Crippen LogP contribution in [0.4, 0.5) is 11.4 Å². The molecular weight excluding hydrogens is 294 g/mol. The normalized spacial score (nSPS) is 13.3. The van der Waals surface area contributed by atoms with E-state index < -0.39 is 20.6 Å². The number of rotatable bonds is 7. The lowest BCUT2D eigenvalue weighted by molar-refractivity contribution is -0.384. The molecule has 1 unspecified atom stereocenters. The standard InChI is InChI=1S/C13H21N3O4S/c1-4-10(5-2)9(3)15-21(19,20)11-6-7-12(14)13(8-11)16(17)18/h6-10,15H,4-5,14H2,1-3H3. The van der Waals surface area contributed by atoms with Crippen molar-refractivity contribution in [2.24, 2.45) is 5.92 Å². The topological polar surface area (TPSA) is 115 Å². The lowest BCUT2D eigenvalue weighted by Crippen LogP contribution is -2.37. The van der Waals surface area contributed by atoms with Gasteiger partial charge in [-0.05, 0) is 25.0 Å². The Morgan fingerprint density at radius 1 is 1.33 bits per heavy atom. The number of nitrogens with zero attached hydrogens (tertiary/aromatic N) is 1. The molecule has 0 spiro atoms. The molecule has 0 fully saturated rings. The summed E-state index contributed by atoms with van der Waals surface area (Å²) in [6, 6.07) is 3.23. The highest BCUT2D eigenvalue weighted by molar-refractivity contribution is 7.89. The highest BCUT2D eigenvalue weighted by atomic mass is 32.2. The highest BCUT2D eigenvalue weighted by Crippen LogP contribution is 2.25. The molecule has 1 aromatic rings. The van der Waals surface area contributed by atoms with Crippen LogP contribution in [0.3, 0.4) is 0 Å². The number of nitro groups is 1. The van der Waals surface area contributed by atoms with Gasteiger partial charge in [0, 0.05) is 12.1 Å². The SMILES string of the molecule is CCC(CC)C(C)NS(=O)(=O)c1ccc(N)c([N+](=O)[O-])c1. The summed E-state index contributed by atoms with van der Waals surface area (Å²) in [7, 11) is -3.81. The van der Waals surface area contributed by atoms with Gasteiger partial charge in [-0.1, -0.05) is 26.7 Å². The molecule has 0 aliphatic carbocycles. The molecule has 1 rings (SSSR count). The Kier molecular flexibility index (Phi) is 5.68. The molecule has 0 amide bonds. The van der Waals surface area contributed by atoms with Gasteiger partial charge in [0.25, 0.3) is 5.69 Å². The minimum absolute atomic E-state index is 0.0630. The maximum atomic E-state index is 12.3. The number of sulfonamides is 1. The van der Waals surface area contributed by atoms with Crippen LogP contribution in [0, 0.1) is 16.0 Å². The van der Waals surface area contributed by atoms with Gasteiger partial charge in [0.15, 0.2) is 0 Å². The molecule has 1 aromatic carbocycles. The number of hydrogen-bond acceptors (Lipinski definition) is 5. The molecule has 21 heavy (non-hydrogen) atoms. The minimum Gasteiger partial charge on any atom is -0.393 e. The van der Waals surface area contributed by atoms with Crippen molar-refractivity contribution in [1.82, 2.24) is 4.72 Å². The molecule has 0 saturated heterocycles. The van der Waals surface area contributed by atoms with Gasteiger partial charge in [0.1, 0.15) is 5.69 Å². The Morgan fingerprint density at radius 2 is 1.90 bits per heavy atom. The van der Waals surface area contributed by atoms with E-state index in [1.54, 1.807) is 6.92 Å². The van der Waals surface area contributed by atoms with E-state index in [4.69, 9.17) is 5.73 Å². The molecule has 0 bridgehead atoms. The summed E-state index contributed by atoms with van der Waals surface area (Å²) in [5.41, 5.74) is 5.00. The number of nitrogen functional groups attached to an aromatic ring is 1. The van der Waals surface area contributed by atoms with Gasteiger partial charge in [-0.3, -0.25) is 10.1 Å². The first kappa shape index (κ1) is 17.4. The Bertz CT molecular complexity index is 612. The fourth-order valence-corrected chi connectivity index (χ4v) is 3.59. The van der Waals surface area contributed by atoms with E-state index in [1.807, 2.05) is 13.8 Å². The largest absolute Gasteiger partial charge is 0.393 e. The fraction of sp³-hybridized carbons (Fsp3) is 0.538. The molecule has 118 valence electrons. The molecule has 0 saturated carbocycles. The molecule has 0 heterocycles. The van der Waals surface area contributed by atoms with E-state index in [1.165, 1.54) is 12.1 Å². The predicted octanol–water partition coefficient (Wildman–Crippen LogP) is 2.28. The van der Waals surface area contributed by atoms with Crippen LogP contribution in [0.25, 0.3) is 0 Å². The summed E-state index contributed by atoms with van der Waals surface area (Å²) in [5.74, 6) is 0.212. The first-order chi connectivity index (χ1) is 9.72. The summed E-state index contributed by atoms with van der Waals surface area (Å²) in [6.07, 6.45) is 1.70. The van der Waals surface area contributed by atoms with E-state index in [0.29, 0.717) is 0 Å². The van der Waals surface area contributed by atoms with Gasteiger partial charge in [-0.2, -0.15) is 0 Å². The lowest BCUT2D eigenvalue weighted by Gasteiger charge is -2.22. The molecule has 1 atom stereocenters. The van der Waals surface area contributed by atoms with E-state index in [0.717, 1.165) is 18.9 Å². The van der Waals surface area contributed by atoms with Gasteiger partial charge in [0.2, 0.25) is 10.0 Å². The third-order valence-electron chi connectivity index (χ3n) is 3.61. The van der Waals surface area contributed by atoms with E-state index in [9.17, 15) is 18.5 Å². The number of anilines is 1. The van der Waals surface area contributed by atoms with Crippen LogP contribution < -0.4 is 10.5 Å². The van der Waals surface area contributed by atoms with Crippen molar-refractivity contribution in [2.75, 3.05) is 5.73 Å². The monoisotopic (exact) mass is 315 g/mol. The molecule has 0 aromatic heterocycles. The number of nitro benzene ring substituents is 1. The van der Waals surface area contributed by atoms with Gasteiger partial charge in [-0.25, -0.2) is 13.1 Å². The molecule has 0 radical (unpaired) electrons. The second-order valence-corrected chi connectivity index (χ2v) is 6.68. The third-order valence-corrected chi connectivity index (χ3v) is 5.16. The Hall–Kier alpha value is -1.67. The maximum absolute atomic E-state index is 12.3. The van der Waals surface area contributed by atoms with Crippen molar-refractivity contribution in [2.45, 2.75) is 44.6 Å². The second-order valence-electron chi connectivity index (χ2n) is 4.96.